The summed E-state index contributed by atoms with van der Waals surface area (Å²) in [5.41, 5.74) is 3.22. The van der Waals surface area contributed by atoms with Gasteiger partial charge < -0.3 is 9.80 Å². The molecular formula is C11H20N2. The van der Waals surface area contributed by atoms with Gasteiger partial charge in [-0.2, -0.15) is 0 Å². The monoisotopic (exact) mass is 180 g/mol. The van der Waals surface area contributed by atoms with Crippen LogP contribution in [0.25, 0.3) is 0 Å². The first-order valence-electron chi connectivity index (χ1n) is 5.39. The van der Waals surface area contributed by atoms with E-state index in [1.54, 1.807) is 11.4 Å². The predicted octanol–water partition coefficient (Wildman–Crippen LogP) is 1.90. The molecule has 2 aliphatic rings. The van der Waals surface area contributed by atoms with Crippen molar-refractivity contribution >= 4 is 0 Å². The van der Waals surface area contributed by atoms with Gasteiger partial charge in [0.2, 0.25) is 0 Å². The zero-order chi connectivity index (χ0) is 9.42. The molecule has 1 fully saturated rings. The van der Waals surface area contributed by atoms with Crippen LogP contribution in [0.1, 0.15) is 26.7 Å². The summed E-state index contributed by atoms with van der Waals surface area (Å²) in [7, 11) is 2.23. The Morgan fingerprint density at radius 1 is 1.15 bits per heavy atom. The molecule has 0 radical (unpaired) electrons. The van der Waals surface area contributed by atoms with Gasteiger partial charge in [-0.1, -0.05) is 13.8 Å². The lowest BCUT2D eigenvalue weighted by Gasteiger charge is -2.37. The van der Waals surface area contributed by atoms with Crippen LogP contribution in [0.2, 0.25) is 0 Å². The minimum atomic E-state index is 0.681. The number of hydrogen-bond acceptors (Lipinski definition) is 2. The second-order valence-electron chi connectivity index (χ2n) is 4.50. The molecule has 0 aromatic rings. The van der Waals surface area contributed by atoms with Gasteiger partial charge >= 0.3 is 0 Å². The Hall–Kier alpha value is -0.660. The highest BCUT2D eigenvalue weighted by Gasteiger charge is 2.27. The largest absolute Gasteiger partial charge is 0.375 e. The third-order valence-electron chi connectivity index (χ3n) is 3.18. The van der Waals surface area contributed by atoms with Gasteiger partial charge in [-0.15, -0.1) is 0 Å². The van der Waals surface area contributed by atoms with Crippen molar-refractivity contribution in [3.8, 4) is 0 Å². The Kier molecular flexibility index (Phi) is 2.22. The highest BCUT2D eigenvalue weighted by atomic mass is 15.3. The lowest BCUT2D eigenvalue weighted by molar-refractivity contribution is 0.249. The molecule has 2 aliphatic heterocycles. The summed E-state index contributed by atoms with van der Waals surface area (Å²) < 4.78 is 0. The van der Waals surface area contributed by atoms with Gasteiger partial charge in [-0.3, -0.25) is 0 Å². The average Bonchev–Trinajstić information content (AvgIpc) is 2.50. The highest BCUT2D eigenvalue weighted by Crippen LogP contribution is 2.32. The van der Waals surface area contributed by atoms with Crippen LogP contribution in [-0.4, -0.2) is 36.5 Å². The van der Waals surface area contributed by atoms with E-state index < -0.39 is 0 Å². The number of likely N-dealkylation sites (N-methyl/N-ethyl adjacent to an activating group) is 1. The van der Waals surface area contributed by atoms with E-state index in [4.69, 9.17) is 0 Å². The van der Waals surface area contributed by atoms with Gasteiger partial charge in [0.25, 0.3) is 0 Å². The number of fused-ring (bicyclic) bond motifs is 1. The maximum atomic E-state index is 2.58. The van der Waals surface area contributed by atoms with Crippen LogP contribution in [-0.2, 0) is 0 Å². The summed E-state index contributed by atoms with van der Waals surface area (Å²) in [6, 6.07) is 0. The molecule has 2 heterocycles. The van der Waals surface area contributed by atoms with Crippen molar-refractivity contribution in [1.29, 1.82) is 0 Å². The van der Waals surface area contributed by atoms with Crippen LogP contribution in [0.15, 0.2) is 11.4 Å². The zero-order valence-electron chi connectivity index (χ0n) is 9.01. The fourth-order valence-electron chi connectivity index (χ4n) is 2.65. The van der Waals surface area contributed by atoms with Gasteiger partial charge in [-0.25, -0.2) is 0 Å². The summed E-state index contributed by atoms with van der Waals surface area (Å²) >= 11 is 0. The van der Waals surface area contributed by atoms with Crippen molar-refractivity contribution in [1.82, 2.24) is 9.80 Å². The normalized spacial score (nSPS) is 23.1. The van der Waals surface area contributed by atoms with Gasteiger partial charge in [0.1, 0.15) is 0 Å². The van der Waals surface area contributed by atoms with Gasteiger partial charge in [0.15, 0.2) is 0 Å². The molecule has 0 unspecified atom stereocenters. The summed E-state index contributed by atoms with van der Waals surface area (Å²) in [6.07, 6.45) is 2.66. The smallest absolute Gasteiger partial charge is 0.0351 e. The molecule has 1 saturated heterocycles. The molecule has 0 atom stereocenters. The lowest BCUT2D eigenvalue weighted by Crippen LogP contribution is -2.39. The number of nitrogens with zero attached hydrogens (tertiary/aromatic N) is 2. The summed E-state index contributed by atoms with van der Waals surface area (Å²) in [4.78, 5) is 5.02. The minimum Gasteiger partial charge on any atom is -0.375 e. The second-order valence-corrected chi connectivity index (χ2v) is 4.50. The van der Waals surface area contributed by atoms with E-state index in [2.05, 4.69) is 30.7 Å². The van der Waals surface area contributed by atoms with Crippen molar-refractivity contribution in [3.63, 3.8) is 0 Å². The SMILES string of the molecule is CC(C)C1=C2CCCN2CCN1C. The van der Waals surface area contributed by atoms with E-state index in [0.29, 0.717) is 5.92 Å². The zero-order valence-corrected chi connectivity index (χ0v) is 9.01. The summed E-state index contributed by atoms with van der Waals surface area (Å²) in [6.45, 7) is 8.35. The first-order valence-corrected chi connectivity index (χ1v) is 5.39. The second kappa shape index (κ2) is 3.24. The molecular weight excluding hydrogens is 160 g/mol. The lowest BCUT2D eigenvalue weighted by atomic mass is 10.0. The Labute approximate surface area is 81.2 Å². The molecule has 0 amide bonds. The highest BCUT2D eigenvalue weighted by molar-refractivity contribution is 5.19. The van der Waals surface area contributed by atoms with Crippen molar-refractivity contribution in [2.45, 2.75) is 26.7 Å². The fraction of sp³-hybridized carbons (Fsp3) is 0.818. The summed E-state index contributed by atoms with van der Waals surface area (Å²) in [5.74, 6) is 0.681. The Morgan fingerprint density at radius 2 is 1.92 bits per heavy atom. The molecule has 0 aromatic heterocycles. The number of rotatable bonds is 1. The first kappa shape index (κ1) is 8.92. The molecule has 0 spiro atoms. The van der Waals surface area contributed by atoms with Gasteiger partial charge in [-0.05, 0) is 18.8 Å². The predicted molar refractivity (Wildman–Crippen MR) is 55.3 cm³/mol. The van der Waals surface area contributed by atoms with Crippen molar-refractivity contribution in [2.24, 2.45) is 5.92 Å². The Morgan fingerprint density at radius 3 is 2.62 bits per heavy atom. The molecule has 0 bridgehead atoms. The molecule has 0 aliphatic carbocycles. The molecule has 0 aromatic carbocycles. The van der Waals surface area contributed by atoms with Gasteiger partial charge in [0.05, 0.1) is 0 Å². The molecule has 74 valence electrons. The van der Waals surface area contributed by atoms with Crippen LogP contribution < -0.4 is 0 Å². The number of allylic oxidation sites excluding steroid dienone is 2. The van der Waals surface area contributed by atoms with Crippen LogP contribution in [0.3, 0.4) is 0 Å². The Balaban J connectivity index is 2.32. The maximum Gasteiger partial charge on any atom is 0.0351 e. The average molecular weight is 180 g/mol. The molecule has 0 saturated carbocycles. The first-order chi connectivity index (χ1) is 6.20. The fourth-order valence-corrected chi connectivity index (χ4v) is 2.65. The van der Waals surface area contributed by atoms with Crippen molar-refractivity contribution in [2.75, 3.05) is 26.7 Å². The summed E-state index contributed by atoms with van der Waals surface area (Å²) in [5, 5.41) is 0. The molecule has 0 N–H and O–H groups in total. The van der Waals surface area contributed by atoms with Crippen LogP contribution >= 0.6 is 0 Å². The van der Waals surface area contributed by atoms with Crippen LogP contribution in [0, 0.1) is 5.92 Å². The van der Waals surface area contributed by atoms with E-state index in [1.165, 1.54) is 32.5 Å². The molecule has 2 rings (SSSR count). The van der Waals surface area contributed by atoms with Crippen molar-refractivity contribution < 1.29 is 0 Å². The third kappa shape index (κ3) is 1.43. The third-order valence-corrected chi connectivity index (χ3v) is 3.18. The molecule has 2 nitrogen and oxygen atoms in total. The van der Waals surface area contributed by atoms with Crippen molar-refractivity contribution in [3.05, 3.63) is 11.4 Å². The molecule has 13 heavy (non-hydrogen) atoms. The van der Waals surface area contributed by atoms with E-state index in [9.17, 15) is 0 Å². The van der Waals surface area contributed by atoms with Crippen LogP contribution in [0.4, 0.5) is 0 Å². The topological polar surface area (TPSA) is 6.48 Å². The maximum absolute atomic E-state index is 2.58. The Bertz CT molecular complexity index is 230. The minimum absolute atomic E-state index is 0.681. The van der Waals surface area contributed by atoms with E-state index in [-0.39, 0.29) is 0 Å². The standard InChI is InChI=1S/C11H20N2/c1-9(2)11-10-5-4-6-13(10)8-7-12(11)3/h9H,4-8H2,1-3H3. The number of hydrogen-bond donors (Lipinski definition) is 0. The van der Waals surface area contributed by atoms with E-state index >= 15 is 0 Å². The van der Waals surface area contributed by atoms with Gasteiger partial charge in [0, 0.05) is 38.1 Å². The van der Waals surface area contributed by atoms with E-state index in [0.717, 1.165) is 0 Å². The van der Waals surface area contributed by atoms with Crippen LogP contribution in [0.5, 0.6) is 0 Å². The molecule has 2 heteroatoms. The quantitative estimate of drug-likeness (QED) is 0.608. The van der Waals surface area contributed by atoms with E-state index in [1.807, 2.05) is 0 Å².